The molecule has 0 aliphatic carbocycles. The smallest absolute Gasteiger partial charge is 0.258 e. The molecule has 4 nitrogen and oxygen atoms in total. The van der Waals surface area contributed by atoms with Gasteiger partial charge in [0.15, 0.2) is 0 Å². The molecule has 0 spiro atoms. The predicted octanol–water partition coefficient (Wildman–Crippen LogP) is 0.757. The zero-order valence-electron chi connectivity index (χ0n) is 5.11. The van der Waals surface area contributed by atoms with Crippen molar-refractivity contribution in [2.24, 2.45) is 0 Å². The lowest BCUT2D eigenvalue weighted by atomic mass is 10.3. The molecule has 10 heavy (non-hydrogen) atoms. The Morgan fingerprint density at radius 1 is 1.50 bits per heavy atom. The van der Waals surface area contributed by atoms with E-state index in [-0.39, 0.29) is 0 Å². The lowest BCUT2D eigenvalue weighted by Gasteiger charge is -1.87. The molecule has 2 aliphatic rings. The highest BCUT2D eigenvalue weighted by molar-refractivity contribution is 5.60. The van der Waals surface area contributed by atoms with E-state index in [1.807, 2.05) is 0 Å². The third kappa shape index (κ3) is 0.621. The number of hydrogen-bond acceptors (Lipinski definition) is 4. The van der Waals surface area contributed by atoms with Gasteiger partial charge in [-0.05, 0) is 12.1 Å². The molecule has 0 fully saturated rings. The predicted molar refractivity (Wildman–Crippen MR) is 35.3 cm³/mol. The van der Waals surface area contributed by atoms with Gasteiger partial charge in [-0.3, -0.25) is 0 Å². The van der Waals surface area contributed by atoms with E-state index in [4.69, 9.17) is 10.3 Å². The molecule has 50 valence electrons. The van der Waals surface area contributed by atoms with Crippen molar-refractivity contribution in [2.75, 3.05) is 5.73 Å². The summed E-state index contributed by atoms with van der Waals surface area (Å²) in [7, 11) is 0. The summed E-state index contributed by atoms with van der Waals surface area (Å²) >= 11 is 0. The van der Waals surface area contributed by atoms with Crippen molar-refractivity contribution in [3.63, 3.8) is 0 Å². The van der Waals surface area contributed by atoms with Crippen LogP contribution in [0.25, 0.3) is 11.5 Å². The van der Waals surface area contributed by atoms with Crippen LogP contribution >= 0.6 is 0 Å². The zero-order valence-corrected chi connectivity index (χ0v) is 5.11. The third-order valence-electron chi connectivity index (χ3n) is 1.24. The maximum Gasteiger partial charge on any atom is 0.258 e. The topological polar surface area (TPSA) is 64.9 Å². The molecule has 0 bridgehead atoms. The first-order valence-corrected chi connectivity index (χ1v) is 2.83. The SMILES string of the molecule is Nc1cc2ccnoc-2n1. The van der Waals surface area contributed by atoms with Crippen molar-refractivity contribution in [2.45, 2.75) is 0 Å². The molecule has 0 saturated carbocycles. The maximum atomic E-state index is 5.39. The van der Waals surface area contributed by atoms with E-state index in [0.717, 1.165) is 5.56 Å². The van der Waals surface area contributed by atoms with Gasteiger partial charge in [0.25, 0.3) is 5.89 Å². The second kappa shape index (κ2) is 1.70. The molecule has 0 amide bonds. The first-order chi connectivity index (χ1) is 4.86. The summed E-state index contributed by atoms with van der Waals surface area (Å²) in [4.78, 5) is 3.86. The highest BCUT2D eigenvalue weighted by atomic mass is 16.5. The van der Waals surface area contributed by atoms with E-state index in [9.17, 15) is 0 Å². The molecule has 0 saturated heterocycles. The molecule has 4 heteroatoms. The Bertz CT molecular complexity index is 287. The first kappa shape index (κ1) is 5.22. The lowest BCUT2D eigenvalue weighted by Crippen LogP contribution is -1.81. The van der Waals surface area contributed by atoms with Gasteiger partial charge in [0.05, 0.1) is 6.20 Å². The Morgan fingerprint density at radius 3 is 3.20 bits per heavy atom. The van der Waals surface area contributed by atoms with Crippen molar-refractivity contribution in [1.29, 1.82) is 0 Å². The number of aromatic nitrogens is 2. The molecule has 0 atom stereocenters. The summed E-state index contributed by atoms with van der Waals surface area (Å²) in [5.41, 5.74) is 6.27. The van der Waals surface area contributed by atoms with Crippen LogP contribution in [-0.2, 0) is 0 Å². The Balaban J connectivity index is 2.76. The Labute approximate surface area is 57.0 Å². The van der Waals surface area contributed by atoms with Gasteiger partial charge in [0.1, 0.15) is 5.82 Å². The molecule has 0 aromatic heterocycles. The summed E-state index contributed by atoms with van der Waals surface area (Å²) in [6, 6.07) is 3.53. The van der Waals surface area contributed by atoms with Crippen LogP contribution in [0.3, 0.4) is 0 Å². The third-order valence-corrected chi connectivity index (χ3v) is 1.24. The molecule has 0 aromatic carbocycles. The molecule has 2 N–H and O–H groups in total. The van der Waals surface area contributed by atoms with Gasteiger partial charge in [-0.15, -0.1) is 0 Å². The zero-order chi connectivity index (χ0) is 6.97. The minimum atomic E-state index is 0.465. The van der Waals surface area contributed by atoms with Crippen LogP contribution in [0, 0.1) is 0 Å². The fraction of sp³-hybridized carbons (Fsp3) is 0. The number of hydrogen-bond donors (Lipinski definition) is 1. The average Bonchev–Trinajstić information content (AvgIpc) is 2.27. The molecule has 2 heterocycles. The van der Waals surface area contributed by atoms with Gasteiger partial charge in [-0.1, -0.05) is 5.16 Å². The summed E-state index contributed by atoms with van der Waals surface area (Å²) in [5, 5.41) is 3.53. The second-order valence-electron chi connectivity index (χ2n) is 1.95. The van der Waals surface area contributed by atoms with Crippen LogP contribution in [0.1, 0.15) is 0 Å². The number of nitrogens with two attached hydrogens (primary N) is 1. The summed E-state index contributed by atoms with van der Waals surface area (Å²) in [6.07, 6.45) is 1.56. The van der Waals surface area contributed by atoms with E-state index in [1.165, 1.54) is 0 Å². The molecular weight excluding hydrogens is 130 g/mol. The van der Waals surface area contributed by atoms with Gasteiger partial charge in [0, 0.05) is 5.56 Å². The Morgan fingerprint density at radius 2 is 2.40 bits per heavy atom. The average molecular weight is 135 g/mol. The Hall–Kier alpha value is -1.58. The van der Waals surface area contributed by atoms with E-state index in [2.05, 4.69) is 10.1 Å². The molecule has 0 radical (unpaired) electrons. The number of fused-ring (bicyclic) bond motifs is 1. The summed E-state index contributed by atoms with van der Waals surface area (Å²) < 4.78 is 4.79. The normalized spacial score (nSPS) is 10.4. The van der Waals surface area contributed by atoms with Crippen molar-refractivity contribution in [3.05, 3.63) is 18.3 Å². The van der Waals surface area contributed by atoms with Crippen LogP contribution in [0.2, 0.25) is 0 Å². The van der Waals surface area contributed by atoms with Gasteiger partial charge in [0.2, 0.25) is 0 Å². The van der Waals surface area contributed by atoms with Gasteiger partial charge in [-0.2, -0.15) is 4.98 Å². The summed E-state index contributed by atoms with van der Waals surface area (Å²) in [6.45, 7) is 0. The van der Waals surface area contributed by atoms with Crippen LogP contribution in [-0.4, -0.2) is 10.1 Å². The largest absolute Gasteiger partial charge is 0.384 e. The molecule has 2 aliphatic heterocycles. The second-order valence-corrected chi connectivity index (χ2v) is 1.95. The minimum Gasteiger partial charge on any atom is -0.384 e. The molecule has 2 rings (SSSR count). The molecular formula is C6H5N3O. The summed E-state index contributed by atoms with van der Waals surface area (Å²) in [5.74, 6) is 0.951. The monoisotopic (exact) mass is 135 g/mol. The van der Waals surface area contributed by atoms with Gasteiger partial charge >= 0.3 is 0 Å². The minimum absolute atomic E-state index is 0.465. The van der Waals surface area contributed by atoms with Crippen LogP contribution in [0.5, 0.6) is 0 Å². The molecule has 0 aromatic rings. The quantitative estimate of drug-likeness (QED) is 0.579. The maximum absolute atomic E-state index is 5.39. The van der Waals surface area contributed by atoms with Crippen molar-refractivity contribution < 1.29 is 4.52 Å². The van der Waals surface area contributed by atoms with Gasteiger partial charge < -0.3 is 10.3 Å². The number of nitrogen functional groups attached to an aromatic ring is 1. The van der Waals surface area contributed by atoms with Gasteiger partial charge in [-0.25, -0.2) is 0 Å². The highest BCUT2D eigenvalue weighted by Gasteiger charge is 2.07. The van der Waals surface area contributed by atoms with E-state index < -0.39 is 0 Å². The van der Waals surface area contributed by atoms with Crippen LogP contribution in [0.4, 0.5) is 5.82 Å². The standard InChI is InChI=1S/C6H5N3O/c7-5-3-4-1-2-8-10-6(4)9-5/h1-3H,7H2. The Kier molecular flexibility index (Phi) is 0.887. The first-order valence-electron chi connectivity index (χ1n) is 2.83. The van der Waals surface area contributed by atoms with Crippen molar-refractivity contribution in [3.8, 4) is 11.5 Å². The van der Waals surface area contributed by atoms with E-state index >= 15 is 0 Å². The number of nitrogens with zero attached hydrogens (tertiary/aromatic N) is 2. The molecule has 0 unspecified atom stereocenters. The number of rotatable bonds is 0. The van der Waals surface area contributed by atoms with E-state index in [1.54, 1.807) is 18.3 Å². The van der Waals surface area contributed by atoms with Crippen LogP contribution < -0.4 is 5.73 Å². The fourth-order valence-electron chi connectivity index (χ4n) is 0.819. The fourth-order valence-corrected chi connectivity index (χ4v) is 0.819. The lowest BCUT2D eigenvalue weighted by molar-refractivity contribution is 0.403. The van der Waals surface area contributed by atoms with Crippen molar-refractivity contribution >= 4 is 5.82 Å². The number of anilines is 1. The van der Waals surface area contributed by atoms with E-state index in [0.29, 0.717) is 11.7 Å². The highest BCUT2D eigenvalue weighted by Crippen LogP contribution is 2.20. The van der Waals surface area contributed by atoms with Crippen LogP contribution in [0.15, 0.2) is 22.9 Å². The van der Waals surface area contributed by atoms with Crippen molar-refractivity contribution in [1.82, 2.24) is 10.1 Å².